The number of nitrogens with zero attached hydrogens (tertiary/aromatic N) is 1. The van der Waals surface area contributed by atoms with E-state index in [-0.39, 0.29) is 17.9 Å². The molecule has 108 valence electrons. The highest BCUT2D eigenvalue weighted by atomic mass is 16.6. The third-order valence-electron chi connectivity index (χ3n) is 3.13. The zero-order valence-electron chi connectivity index (χ0n) is 11.8. The van der Waals surface area contributed by atoms with Crippen molar-refractivity contribution in [3.63, 3.8) is 0 Å². The predicted octanol–water partition coefficient (Wildman–Crippen LogP) is 3.57. The molecule has 0 fully saturated rings. The van der Waals surface area contributed by atoms with Gasteiger partial charge in [0.15, 0.2) is 0 Å². The maximum Gasteiger partial charge on any atom is 0.338 e. The van der Waals surface area contributed by atoms with Crippen LogP contribution in [0.25, 0.3) is 0 Å². The Bertz CT molecular complexity index is 677. The topological polar surface area (TPSA) is 69.4 Å². The Labute approximate surface area is 122 Å². The van der Waals surface area contributed by atoms with E-state index in [4.69, 9.17) is 4.74 Å². The van der Waals surface area contributed by atoms with Crippen LogP contribution in [0.15, 0.2) is 42.5 Å². The van der Waals surface area contributed by atoms with Gasteiger partial charge in [-0.25, -0.2) is 4.79 Å². The van der Waals surface area contributed by atoms with Crippen LogP contribution in [0.4, 0.5) is 5.69 Å². The molecule has 0 aliphatic rings. The summed E-state index contributed by atoms with van der Waals surface area (Å²) < 4.78 is 5.17. The van der Waals surface area contributed by atoms with E-state index in [1.807, 2.05) is 31.2 Å². The molecule has 0 N–H and O–H groups in total. The van der Waals surface area contributed by atoms with Gasteiger partial charge in [0.2, 0.25) is 0 Å². The van der Waals surface area contributed by atoms with E-state index >= 15 is 0 Å². The lowest BCUT2D eigenvalue weighted by Crippen LogP contribution is -2.06. The van der Waals surface area contributed by atoms with Crippen LogP contribution in [0.5, 0.6) is 0 Å². The van der Waals surface area contributed by atoms with Gasteiger partial charge in [0.1, 0.15) is 6.61 Å². The minimum absolute atomic E-state index is 0.0835. The van der Waals surface area contributed by atoms with Crippen LogP contribution in [0.2, 0.25) is 0 Å². The average Bonchev–Trinajstić information content (AvgIpc) is 2.46. The Morgan fingerprint density at radius 2 is 1.81 bits per heavy atom. The second-order valence-corrected chi connectivity index (χ2v) is 4.82. The van der Waals surface area contributed by atoms with Crippen LogP contribution >= 0.6 is 0 Å². The molecule has 0 saturated heterocycles. The number of hydrogen-bond donors (Lipinski definition) is 0. The first-order valence-corrected chi connectivity index (χ1v) is 6.45. The van der Waals surface area contributed by atoms with E-state index in [2.05, 4.69) is 0 Å². The van der Waals surface area contributed by atoms with Gasteiger partial charge in [-0.1, -0.05) is 35.9 Å². The molecule has 0 aliphatic heterocycles. The molecule has 5 nitrogen and oxygen atoms in total. The van der Waals surface area contributed by atoms with E-state index < -0.39 is 10.9 Å². The van der Waals surface area contributed by atoms with Crippen molar-refractivity contribution < 1.29 is 14.5 Å². The monoisotopic (exact) mass is 285 g/mol. The summed E-state index contributed by atoms with van der Waals surface area (Å²) in [5, 5.41) is 10.9. The number of benzene rings is 2. The fourth-order valence-electron chi connectivity index (χ4n) is 1.85. The first-order chi connectivity index (χ1) is 9.97. The SMILES string of the molecule is Cc1ccc(COC(=O)c2ccc(C)c([N+](=O)[O-])c2)cc1. The van der Waals surface area contributed by atoms with Gasteiger partial charge in [-0.15, -0.1) is 0 Å². The highest BCUT2D eigenvalue weighted by Gasteiger charge is 2.15. The summed E-state index contributed by atoms with van der Waals surface area (Å²) in [5.41, 5.74) is 2.60. The van der Waals surface area contributed by atoms with Crippen molar-refractivity contribution in [1.29, 1.82) is 0 Å². The summed E-state index contributed by atoms with van der Waals surface area (Å²) in [6.07, 6.45) is 0. The van der Waals surface area contributed by atoms with E-state index in [1.54, 1.807) is 13.0 Å². The van der Waals surface area contributed by atoms with Crippen LogP contribution in [0.3, 0.4) is 0 Å². The number of aryl methyl sites for hydroxylation is 2. The number of ether oxygens (including phenoxy) is 1. The second-order valence-electron chi connectivity index (χ2n) is 4.82. The largest absolute Gasteiger partial charge is 0.457 e. The zero-order valence-corrected chi connectivity index (χ0v) is 11.8. The van der Waals surface area contributed by atoms with Crippen molar-refractivity contribution in [2.75, 3.05) is 0 Å². The lowest BCUT2D eigenvalue weighted by molar-refractivity contribution is -0.385. The Kier molecular flexibility index (Phi) is 4.33. The Balaban J connectivity index is 2.08. The molecule has 2 aromatic carbocycles. The Hall–Kier alpha value is -2.69. The molecule has 0 aliphatic carbocycles. The number of esters is 1. The third kappa shape index (κ3) is 3.66. The fourth-order valence-corrected chi connectivity index (χ4v) is 1.85. The van der Waals surface area contributed by atoms with Crippen LogP contribution in [0, 0.1) is 24.0 Å². The lowest BCUT2D eigenvalue weighted by atomic mass is 10.1. The molecule has 0 spiro atoms. The molecule has 0 saturated carbocycles. The minimum Gasteiger partial charge on any atom is -0.457 e. The molecule has 5 heteroatoms. The molecule has 2 rings (SSSR count). The van der Waals surface area contributed by atoms with Crippen molar-refractivity contribution in [2.24, 2.45) is 0 Å². The molecule has 0 unspecified atom stereocenters. The highest BCUT2D eigenvalue weighted by Crippen LogP contribution is 2.20. The maximum absolute atomic E-state index is 11.9. The van der Waals surface area contributed by atoms with Gasteiger partial charge >= 0.3 is 5.97 Å². The van der Waals surface area contributed by atoms with Crippen LogP contribution < -0.4 is 0 Å². The molecule has 0 amide bonds. The van der Waals surface area contributed by atoms with Crippen molar-refractivity contribution >= 4 is 11.7 Å². The molecule has 0 atom stereocenters. The van der Waals surface area contributed by atoms with Gasteiger partial charge in [-0.05, 0) is 25.5 Å². The molecular weight excluding hydrogens is 270 g/mol. The minimum atomic E-state index is -0.571. The van der Waals surface area contributed by atoms with Crippen molar-refractivity contribution in [1.82, 2.24) is 0 Å². The van der Waals surface area contributed by atoms with Crippen LogP contribution in [0.1, 0.15) is 27.0 Å². The van der Waals surface area contributed by atoms with E-state index in [1.165, 1.54) is 12.1 Å². The smallest absolute Gasteiger partial charge is 0.338 e. The quantitative estimate of drug-likeness (QED) is 0.489. The summed E-state index contributed by atoms with van der Waals surface area (Å²) in [4.78, 5) is 22.3. The summed E-state index contributed by atoms with van der Waals surface area (Å²) in [5.74, 6) is -0.571. The van der Waals surface area contributed by atoms with Gasteiger partial charge in [0.25, 0.3) is 5.69 Å². The maximum atomic E-state index is 11.9. The van der Waals surface area contributed by atoms with E-state index in [0.717, 1.165) is 11.1 Å². The van der Waals surface area contributed by atoms with Gasteiger partial charge in [0.05, 0.1) is 10.5 Å². The predicted molar refractivity (Wildman–Crippen MR) is 78.1 cm³/mol. The van der Waals surface area contributed by atoms with E-state index in [0.29, 0.717) is 5.56 Å². The Morgan fingerprint density at radius 3 is 2.43 bits per heavy atom. The molecular formula is C16H15NO4. The van der Waals surface area contributed by atoms with Gasteiger partial charge in [-0.3, -0.25) is 10.1 Å². The standard InChI is InChI=1S/C16H15NO4/c1-11-3-6-13(7-4-11)10-21-16(18)14-8-5-12(2)15(9-14)17(19)20/h3-9H,10H2,1-2H3. The van der Waals surface area contributed by atoms with Gasteiger partial charge in [-0.2, -0.15) is 0 Å². The van der Waals surface area contributed by atoms with Gasteiger partial charge < -0.3 is 4.74 Å². The first kappa shape index (κ1) is 14.7. The van der Waals surface area contributed by atoms with Crippen LogP contribution in [-0.4, -0.2) is 10.9 Å². The fraction of sp³-hybridized carbons (Fsp3) is 0.188. The molecule has 0 heterocycles. The van der Waals surface area contributed by atoms with Crippen LogP contribution in [-0.2, 0) is 11.3 Å². The molecule has 0 aromatic heterocycles. The normalized spacial score (nSPS) is 10.2. The summed E-state index contributed by atoms with van der Waals surface area (Å²) in [6, 6.07) is 11.9. The van der Waals surface area contributed by atoms with Gasteiger partial charge in [0, 0.05) is 11.6 Å². The van der Waals surface area contributed by atoms with Crippen molar-refractivity contribution in [2.45, 2.75) is 20.5 Å². The number of hydrogen-bond acceptors (Lipinski definition) is 4. The summed E-state index contributed by atoms with van der Waals surface area (Å²) >= 11 is 0. The summed E-state index contributed by atoms with van der Waals surface area (Å²) in [7, 11) is 0. The third-order valence-corrected chi connectivity index (χ3v) is 3.13. The number of carbonyl (C=O) groups excluding carboxylic acids is 1. The second kappa shape index (κ2) is 6.17. The highest BCUT2D eigenvalue weighted by molar-refractivity contribution is 5.90. The lowest BCUT2D eigenvalue weighted by Gasteiger charge is -2.06. The molecule has 0 radical (unpaired) electrons. The van der Waals surface area contributed by atoms with Crippen molar-refractivity contribution in [3.05, 3.63) is 74.8 Å². The van der Waals surface area contributed by atoms with Crippen molar-refractivity contribution in [3.8, 4) is 0 Å². The molecule has 21 heavy (non-hydrogen) atoms. The number of nitro groups is 1. The first-order valence-electron chi connectivity index (χ1n) is 6.45. The number of carbonyl (C=O) groups is 1. The van der Waals surface area contributed by atoms with E-state index in [9.17, 15) is 14.9 Å². The number of rotatable bonds is 4. The Morgan fingerprint density at radius 1 is 1.14 bits per heavy atom. The average molecular weight is 285 g/mol. The zero-order chi connectivity index (χ0) is 15.4. The molecule has 2 aromatic rings. The number of nitro benzene ring substituents is 1. The molecule has 0 bridgehead atoms. The summed E-state index contributed by atoms with van der Waals surface area (Å²) in [6.45, 7) is 3.74.